The highest BCUT2D eigenvalue weighted by molar-refractivity contribution is 5.89. The van der Waals surface area contributed by atoms with Gasteiger partial charge in [0.1, 0.15) is 5.75 Å². The number of rotatable bonds is 4. The molecule has 3 N–H and O–H groups in total. The van der Waals surface area contributed by atoms with E-state index in [9.17, 15) is 9.90 Å². The van der Waals surface area contributed by atoms with Gasteiger partial charge in [-0.05, 0) is 36.8 Å². The molecule has 0 amide bonds. The van der Waals surface area contributed by atoms with E-state index in [-0.39, 0.29) is 6.54 Å². The largest absolute Gasteiger partial charge is 0.497 e. The molecule has 0 saturated carbocycles. The number of aryl methyl sites for hydroxylation is 1. The minimum absolute atomic E-state index is 0.0467. The van der Waals surface area contributed by atoms with Gasteiger partial charge in [-0.15, -0.1) is 0 Å². The van der Waals surface area contributed by atoms with E-state index < -0.39 is 11.9 Å². The van der Waals surface area contributed by atoms with E-state index in [1.54, 1.807) is 25.3 Å². The molecule has 0 aliphatic rings. The summed E-state index contributed by atoms with van der Waals surface area (Å²) in [6, 6.07) is 7.19. The third-order valence-corrected chi connectivity index (χ3v) is 3.09. The Hall–Kier alpha value is -2.14. The van der Waals surface area contributed by atoms with E-state index in [4.69, 9.17) is 10.5 Å². The number of aliphatic carboxylic acids is 1. The third kappa shape index (κ3) is 2.51. The van der Waals surface area contributed by atoms with Crippen molar-refractivity contribution >= 4 is 16.9 Å². The van der Waals surface area contributed by atoms with Crippen LogP contribution in [0.25, 0.3) is 10.9 Å². The number of hydrogen-bond donors (Lipinski definition) is 2. The molecule has 0 radical (unpaired) electrons. The molecular formula is C14H16N2O3. The van der Waals surface area contributed by atoms with E-state index in [1.807, 2.05) is 13.0 Å². The number of aromatic nitrogens is 1. The first-order valence-electron chi connectivity index (χ1n) is 5.95. The summed E-state index contributed by atoms with van der Waals surface area (Å²) in [6.45, 7) is 1.88. The summed E-state index contributed by atoms with van der Waals surface area (Å²) in [5.74, 6) is -1.01. The highest BCUT2D eigenvalue weighted by Crippen LogP contribution is 2.28. The minimum atomic E-state index is -0.933. The summed E-state index contributed by atoms with van der Waals surface area (Å²) in [5, 5.41) is 10.0. The molecule has 1 unspecified atom stereocenters. The smallest absolute Gasteiger partial charge is 0.312 e. The lowest BCUT2D eigenvalue weighted by atomic mass is 9.95. The Morgan fingerprint density at radius 1 is 1.47 bits per heavy atom. The highest BCUT2D eigenvalue weighted by atomic mass is 16.5. The van der Waals surface area contributed by atoms with E-state index >= 15 is 0 Å². The van der Waals surface area contributed by atoms with E-state index in [2.05, 4.69) is 4.98 Å². The van der Waals surface area contributed by atoms with Crippen LogP contribution in [0.2, 0.25) is 0 Å². The number of ether oxygens (including phenoxy) is 1. The van der Waals surface area contributed by atoms with Crippen LogP contribution in [0.1, 0.15) is 17.2 Å². The van der Waals surface area contributed by atoms with Crippen LogP contribution < -0.4 is 10.5 Å². The van der Waals surface area contributed by atoms with E-state index in [0.717, 1.165) is 16.6 Å². The second-order valence-electron chi connectivity index (χ2n) is 4.36. The fourth-order valence-corrected chi connectivity index (χ4v) is 2.15. The molecule has 5 nitrogen and oxygen atoms in total. The van der Waals surface area contributed by atoms with Gasteiger partial charge in [0.2, 0.25) is 0 Å². The molecule has 0 aliphatic carbocycles. The lowest BCUT2D eigenvalue weighted by Crippen LogP contribution is -2.21. The van der Waals surface area contributed by atoms with Crippen molar-refractivity contribution in [1.29, 1.82) is 0 Å². The van der Waals surface area contributed by atoms with E-state index in [1.165, 1.54) is 0 Å². The number of nitrogens with two attached hydrogens (primary N) is 1. The van der Waals surface area contributed by atoms with Gasteiger partial charge in [0.15, 0.2) is 0 Å². The zero-order valence-corrected chi connectivity index (χ0v) is 10.9. The number of carboxylic acid groups (broad SMARTS) is 1. The summed E-state index contributed by atoms with van der Waals surface area (Å²) in [7, 11) is 1.57. The van der Waals surface area contributed by atoms with Gasteiger partial charge in [0, 0.05) is 17.6 Å². The maximum Gasteiger partial charge on any atom is 0.312 e. The Labute approximate surface area is 111 Å². The number of pyridine rings is 1. The van der Waals surface area contributed by atoms with Crippen molar-refractivity contribution in [2.75, 3.05) is 13.7 Å². The fourth-order valence-electron chi connectivity index (χ4n) is 2.15. The first-order chi connectivity index (χ1) is 9.06. The fraction of sp³-hybridized carbons (Fsp3) is 0.286. The average Bonchev–Trinajstić information content (AvgIpc) is 2.38. The molecule has 1 heterocycles. The van der Waals surface area contributed by atoms with Crippen molar-refractivity contribution in [3.05, 3.63) is 35.5 Å². The Bertz CT molecular complexity index is 625. The molecule has 0 spiro atoms. The number of carboxylic acids is 1. The summed E-state index contributed by atoms with van der Waals surface area (Å²) < 4.78 is 5.17. The number of carbonyl (C=O) groups is 1. The maximum absolute atomic E-state index is 11.3. The zero-order valence-electron chi connectivity index (χ0n) is 10.9. The molecule has 1 atom stereocenters. The van der Waals surface area contributed by atoms with Gasteiger partial charge in [-0.3, -0.25) is 9.78 Å². The van der Waals surface area contributed by atoms with Crippen LogP contribution in [0.3, 0.4) is 0 Å². The van der Waals surface area contributed by atoms with Crippen LogP contribution in [-0.4, -0.2) is 29.7 Å². The Morgan fingerprint density at radius 3 is 2.79 bits per heavy atom. The van der Waals surface area contributed by atoms with Crippen LogP contribution in [-0.2, 0) is 4.79 Å². The number of hydrogen-bond acceptors (Lipinski definition) is 4. The molecule has 100 valence electrons. The predicted molar refractivity (Wildman–Crippen MR) is 72.5 cm³/mol. The molecule has 2 aromatic rings. The normalized spacial score (nSPS) is 12.4. The van der Waals surface area contributed by atoms with Crippen molar-refractivity contribution in [3.8, 4) is 5.75 Å². The standard InChI is InChI=1S/C14H16N2O3/c1-8-5-10(12(7-15)14(17)18)11-6-9(19-2)3-4-13(11)16-8/h3-6,12H,7,15H2,1-2H3,(H,17,18). The molecule has 5 heteroatoms. The Balaban J connectivity index is 2.72. The van der Waals surface area contributed by atoms with Gasteiger partial charge in [-0.1, -0.05) is 0 Å². The molecular weight excluding hydrogens is 244 g/mol. The second kappa shape index (κ2) is 5.24. The highest BCUT2D eigenvalue weighted by Gasteiger charge is 2.21. The zero-order chi connectivity index (χ0) is 14.0. The van der Waals surface area contributed by atoms with Crippen molar-refractivity contribution in [1.82, 2.24) is 4.98 Å². The Morgan fingerprint density at radius 2 is 2.21 bits per heavy atom. The minimum Gasteiger partial charge on any atom is -0.497 e. The first kappa shape index (κ1) is 13.3. The lowest BCUT2D eigenvalue weighted by molar-refractivity contribution is -0.138. The van der Waals surface area contributed by atoms with Crippen LogP contribution >= 0.6 is 0 Å². The van der Waals surface area contributed by atoms with Gasteiger partial charge >= 0.3 is 5.97 Å². The molecule has 2 rings (SSSR count). The molecule has 0 aliphatic heterocycles. The summed E-state index contributed by atoms with van der Waals surface area (Å²) in [6.07, 6.45) is 0. The summed E-state index contributed by atoms with van der Waals surface area (Å²) in [4.78, 5) is 15.7. The summed E-state index contributed by atoms with van der Waals surface area (Å²) in [5.41, 5.74) is 7.78. The molecule has 1 aromatic heterocycles. The number of benzene rings is 1. The van der Waals surface area contributed by atoms with Crippen LogP contribution in [0.15, 0.2) is 24.3 Å². The SMILES string of the molecule is COc1ccc2nc(C)cc(C(CN)C(=O)O)c2c1. The molecule has 0 fully saturated rings. The van der Waals surface area contributed by atoms with Crippen LogP contribution in [0.4, 0.5) is 0 Å². The third-order valence-electron chi connectivity index (χ3n) is 3.09. The summed E-state index contributed by atoms with van der Waals surface area (Å²) >= 11 is 0. The quantitative estimate of drug-likeness (QED) is 0.873. The van der Waals surface area contributed by atoms with Crippen molar-refractivity contribution < 1.29 is 14.6 Å². The van der Waals surface area contributed by atoms with Crippen LogP contribution in [0.5, 0.6) is 5.75 Å². The van der Waals surface area contributed by atoms with Crippen molar-refractivity contribution in [2.45, 2.75) is 12.8 Å². The van der Waals surface area contributed by atoms with E-state index in [0.29, 0.717) is 11.3 Å². The first-order valence-corrected chi connectivity index (χ1v) is 5.95. The predicted octanol–water partition coefficient (Wildman–Crippen LogP) is 1.68. The van der Waals surface area contributed by atoms with Gasteiger partial charge in [0.05, 0.1) is 18.5 Å². The van der Waals surface area contributed by atoms with Crippen molar-refractivity contribution in [3.63, 3.8) is 0 Å². The number of nitrogens with zero attached hydrogens (tertiary/aromatic N) is 1. The van der Waals surface area contributed by atoms with Crippen molar-refractivity contribution in [2.24, 2.45) is 5.73 Å². The number of methoxy groups -OCH3 is 1. The van der Waals surface area contributed by atoms with Gasteiger partial charge in [-0.2, -0.15) is 0 Å². The van der Waals surface area contributed by atoms with Gasteiger partial charge in [0.25, 0.3) is 0 Å². The van der Waals surface area contributed by atoms with Gasteiger partial charge < -0.3 is 15.6 Å². The second-order valence-corrected chi connectivity index (χ2v) is 4.36. The molecule has 1 aromatic carbocycles. The topological polar surface area (TPSA) is 85.4 Å². The Kier molecular flexibility index (Phi) is 3.66. The number of fused-ring (bicyclic) bond motifs is 1. The lowest BCUT2D eigenvalue weighted by Gasteiger charge is -2.14. The molecule has 0 saturated heterocycles. The van der Waals surface area contributed by atoms with Crippen LogP contribution in [0, 0.1) is 6.92 Å². The maximum atomic E-state index is 11.3. The van der Waals surface area contributed by atoms with Gasteiger partial charge in [-0.25, -0.2) is 0 Å². The molecule has 0 bridgehead atoms. The molecule has 19 heavy (non-hydrogen) atoms. The average molecular weight is 260 g/mol. The monoisotopic (exact) mass is 260 g/mol.